The summed E-state index contributed by atoms with van der Waals surface area (Å²) in [5, 5.41) is 0. The molecule has 0 rings (SSSR count). The first-order valence-electron chi connectivity index (χ1n) is 8.09. The van der Waals surface area contributed by atoms with Crippen molar-refractivity contribution in [3.63, 3.8) is 0 Å². The predicted molar refractivity (Wildman–Crippen MR) is 94.7 cm³/mol. The number of esters is 2. The van der Waals surface area contributed by atoms with Crippen LogP contribution in [0, 0.1) is 0 Å². The molecule has 0 fully saturated rings. The van der Waals surface area contributed by atoms with Crippen molar-refractivity contribution in [3.05, 3.63) is 0 Å². The van der Waals surface area contributed by atoms with Crippen molar-refractivity contribution in [2.45, 2.75) is 65.2 Å². The zero-order valence-electron chi connectivity index (χ0n) is 14.6. The summed E-state index contributed by atoms with van der Waals surface area (Å²) in [5.74, 6) is -0.380. The van der Waals surface area contributed by atoms with Gasteiger partial charge >= 0.3 is 19.5 Å². The number of rotatable bonds is 12. The van der Waals surface area contributed by atoms with Gasteiger partial charge in [-0.05, 0) is 12.8 Å². The third-order valence-electron chi connectivity index (χ3n) is 2.76. The Kier molecular flexibility index (Phi) is 29.9. The average molecular weight is 416 g/mol. The van der Waals surface area contributed by atoms with Crippen LogP contribution in [0.15, 0.2) is 0 Å². The van der Waals surface area contributed by atoms with Crippen LogP contribution in [0.3, 0.4) is 0 Å². The van der Waals surface area contributed by atoms with Crippen molar-refractivity contribution in [1.29, 1.82) is 0 Å². The molecule has 0 aromatic carbocycles. The van der Waals surface area contributed by atoms with Crippen molar-refractivity contribution in [2.75, 3.05) is 24.7 Å². The van der Waals surface area contributed by atoms with E-state index in [-0.39, 0.29) is 42.9 Å². The summed E-state index contributed by atoms with van der Waals surface area (Å²) in [4.78, 5) is 21.0. The summed E-state index contributed by atoms with van der Waals surface area (Å²) in [6.45, 7) is 5.37. The molecule has 0 spiro atoms. The zero-order valence-corrected chi connectivity index (χ0v) is 19.2. The Morgan fingerprint density at radius 1 is 0.696 bits per heavy atom. The molecule has 0 heterocycles. The normalized spacial score (nSPS) is 9.22. The molecule has 0 bridgehead atoms. The number of unbranched alkanes of at least 4 members (excludes halogenated alkanes) is 6. The van der Waals surface area contributed by atoms with Crippen LogP contribution >= 0.6 is 0 Å². The molecule has 7 heteroatoms. The van der Waals surface area contributed by atoms with Gasteiger partial charge in [-0.15, -0.1) is 0 Å². The maximum absolute atomic E-state index is 10.5. The van der Waals surface area contributed by atoms with Crippen molar-refractivity contribution < 1.29 is 38.5 Å². The predicted octanol–water partition coefficient (Wildman–Crippen LogP) is 3.31. The third-order valence-corrected chi connectivity index (χ3v) is 3.23. The van der Waals surface area contributed by atoms with E-state index in [0.717, 1.165) is 25.7 Å². The summed E-state index contributed by atoms with van der Waals surface area (Å²) < 4.78 is 9.59. The fourth-order valence-electron chi connectivity index (χ4n) is 1.51. The van der Waals surface area contributed by atoms with Crippen LogP contribution in [0.4, 0.5) is 0 Å². The standard InChI is InChI=1S/2C8H16O2S.Zn/c2*1-2-3-4-5-6-10-8(9)7-11;/h2*11H,2-7H2,1H3;/q;;+2/p-2. The molecule has 0 unspecified atom stereocenters. The summed E-state index contributed by atoms with van der Waals surface area (Å²) >= 11 is 9.00. The van der Waals surface area contributed by atoms with E-state index in [2.05, 4.69) is 39.1 Å². The van der Waals surface area contributed by atoms with Crippen LogP contribution in [0.5, 0.6) is 0 Å². The molecule has 0 saturated carbocycles. The molecule has 132 valence electrons. The van der Waals surface area contributed by atoms with Crippen molar-refractivity contribution in [3.8, 4) is 0 Å². The second-order valence-electron chi connectivity index (χ2n) is 4.85. The minimum absolute atomic E-state index is 0. The topological polar surface area (TPSA) is 52.6 Å². The second kappa shape index (κ2) is 24.5. The van der Waals surface area contributed by atoms with E-state index >= 15 is 0 Å². The molecule has 0 aliphatic heterocycles. The summed E-state index contributed by atoms with van der Waals surface area (Å²) in [6.07, 6.45) is 9.05. The van der Waals surface area contributed by atoms with Crippen LogP contribution in [-0.4, -0.2) is 36.7 Å². The van der Waals surface area contributed by atoms with Gasteiger partial charge in [-0.1, -0.05) is 63.9 Å². The van der Waals surface area contributed by atoms with Gasteiger partial charge in [0, 0.05) is 0 Å². The monoisotopic (exact) mass is 414 g/mol. The molecule has 4 nitrogen and oxygen atoms in total. The largest absolute Gasteiger partial charge is 2.00 e. The fraction of sp³-hybridized carbons (Fsp3) is 0.875. The van der Waals surface area contributed by atoms with Crippen LogP contribution in [0.25, 0.3) is 0 Å². The quantitative estimate of drug-likeness (QED) is 0.211. The molecular formula is C16H30O4S2Zn. The van der Waals surface area contributed by atoms with Crippen LogP contribution in [-0.2, 0) is 63.8 Å². The van der Waals surface area contributed by atoms with Crippen LogP contribution < -0.4 is 0 Å². The minimum atomic E-state index is -0.267. The van der Waals surface area contributed by atoms with Gasteiger partial charge in [0.1, 0.15) is 0 Å². The van der Waals surface area contributed by atoms with Gasteiger partial charge in [0.2, 0.25) is 0 Å². The Morgan fingerprint density at radius 2 is 1.04 bits per heavy atom. The number of ether oxygens (including phenoxy) is 2. The molecule has 0 aromatic rings. The first-order valence-corrected chi connectivity index (χ1v) is 9.25. The molecule has 0 amide bonds. The first kappa shape index (κ1) is 28.1. The number of hydrogen-bond donors (Lipinski definition) is 0. The molecule has 0 aliphatic carbocycles. The Morgan fingerprint density at radius 3 is 1.30 bits per heavy atom. The second-order valence-corrected chi connectivity index (χ2v) is 5.43. The third kappa shape index (κ3) is 27.4. The molecule has 23 heavy (non-hydrogen) atoms. The summed E-state index contributed by atoms with van der Waals surface area (Å²) in [7, 11) is 0. The molecule has 0 aliphatic rings. The van der Waals surface area contributed by atoms with Gasteiger partial charge in [0.25, 0.3) is 11.9 Å². The van der Waals surface area contributed by atoms with Gasteiger partial charge in [0.05, 0.1) is 13.2 Å². The molecule has 0 saturated heterocycles. The van der Waals surface area contributed by atoms with E-state index in [0.29, 0.717) is 13.2 Å². The van der Waals surface area contributed by atoms with E-state index in [9.17, 15) is 9.59 Å². The average Bonchev–Trinajstić information content (AvgIpc) is 2.54. The minimum Gasteiger partial charge on any atom is -0.782 e. The van der Waals surface area contributed by atoms with Crippen LogP contribution in [0.1, 0.15) is 65.2 Å². The Labute approximate surface area is 165 Å². The molecule has 0 aromatic heterocycles. The van der Waals surface area contributed by atoms with Crippen molar-refractivity contribution in [1.82, 2.24) is 0 Å². The van der Waals surface area contributed by atoms with Crippen molar-refractivity contribution in [2.24, 2.45) is 0 Å². The fourth-order valence-corrected chi connectivity index (χ4v) is 1.68. The maximum Gasteiger partial charge on any atom is 2.00 e. The van der Waals surface area contributed by atoms with Gasteiger partial charge in [0.15, 0.2) is 0 Å². The Bertz CT molecular complexity index is 240. The Hall–Kier alpha value is 0.263. The Balaban J connectivity index is -0.000000333. The number of carbonyl (C=O) groups is 2. The SMILES string of the molecule is CCCCCCOC(=O)C[S-].CCCCCCOC(=O)C[S-].[Zn+2]. The zero-order chi connectivity index (χ0) is 17.1. The maximum atomic E-state index is 10.5. The molecule has 0 N–H and O–H groups in total. The van der Waals surface area contributed by atoms with Gasteiger partial charge < -0.3 is 34.7 Å². The number of carbonyl (C=O) groups excluding carboxylic acids is 2. The van der Waals surface area contributed by atoms with Crippen LogP contribution in [0.2, 0.25) is 0 Å². The summed E-state index contributed by atoms with van der Waals surface area (Å²) in [6, 6.07) is 0. The summed E-state index contributed by atoms with van der Waals surface area (Å²) in [5.41, 5.74) is 0. The van der Waals surface area contributed by atoms with E-state index in [1.54, 1.807) is 0 Å². The van der Waals surface area contributed by atoms with Gasteiger partial charge in [-0.25, -0.2) is 0 Å². The van der Waals surface area contributed by atoms with Gasteiger partial charge in [-0.3, -0.25) is 9.59 Å². The number of hydrogen-bond acceptors (Lipinski definition) is 6. The molecule has 0 radical (unpaired) electrons. The van der Waals surface area contributed by atoms with Crippen molar-refractivity contribution >= 4 is 37.2 Å². The smallest absolute Gasteiger partial charge is 0.782 e. The van der Waals surface area contributed by atoms with E-state index < -0.39 is 0 Å². The van der Waals surface area contributed by atoms with E-state index in [4.69, 9.17) is 9.47 Å². The van der Waals surface area contributed by atoms with Gasteiger partial charge in [-0.2, -0.15) is 0 Å². The van der Waals surface area contributed by atoms with E-state index in [1.165, 1.54) is 25.7 Å². The van der Waals surface area contributed by atoms with E-state index in [1.807, 2.05) is 0 Å². The molecular weight excluding hydrogens is 386 g/mol. The first-order chi connectivity index (χ1) is 10.6. The molecule has 0 atom stereocenters.